The molecule has 0 unspecified atom stereocenters. The van der Waals surface area contributed by atoms with Gasteiger partial charge < -0.3 is 4.42 Å². The number of rotatable bonds is 6. The number of aryl methyl sites for hydroxylation is 1. The van der Waals surface area contributed by atoms with Crippen molar-refractivity contribution in [2.45, 2.75) is 11.8 Å². The van der Waals surface area contributed by atoms with E-state index < -0.39 is 15.9 Å². The fourth-order valence-corrected chi connectivity index (χ4v) is 3.60. The first-order valence-electron chi connectivity index (χ1n) is 8.12. The summed E-state index contributed by atoms with van der Waals surface area (Å²) in [4.78, 5) is 12.2. The monoisotopic (exact) mass is 417 g/mol. The van der Waals surface area contributed by atoms with Crippen LogP contribution in [-0.4, -0.2) is 20.5 Å². The van der Waals surface area contributed by atoms with Crippen molar-refractivity contribution >= 4 is 39.4 Å². The summed E-state index contributed by atoms with van der Waals surface area (Å²) in [5.74, 6) is 0.650. The van der Waals surface area contributed by atoms with Crippen molar-refractivity contribution in [3.63, 3.8) is 0 Å². The number of amides is 1. The maximum absolute atomic E-state index is 12.6. The Morgan fingerprint density at radius 3 is 2.61 bits per heavy atom. The molecule has 2 aromatic carbocycles. The number of furan rings is 1. The summed E-state index contributed by atoms with van der Waals surface area (Å²) in [6.45, 7) is 1.79. The van der Waals surface area contributed by atoms with Gasteiger partial charge in [0.25, 0.3) is 15.9 Å². The molecule has 0 saturated heterocycles. The molecule has 3 aromatic rings. The predicted molar refractivity (Wildman–Crippen MR) is 107 cm³/mol. The van der Waals surface area contributed by atoms with Gasteiger partial charge in [-0.05, 0) is 55.5 Å². The lowest BCUT2D eigenvalue weighted by Gasteiger charge is -2.09. The minimum Gasteiger partial charge on any atom is -0.460 e. The lowest BCUT2D eigenvalue weighted by molar-refractivity contribution is 0.0955. The summed E-state index contributed by atoms with van der Waals surface area (Å²) in [5.41, 5.74) is 2.79. The number of carbonyl (C=O) groups excluding carboxylic acids is 1. The van der Waals surface area contributed by atoms with E-state index in [2.05, 4.69) is 15.2 Å². The molecule has 144 valence electrons. The number of benzene rings is 2. The lowest BCUT2D eigenvalue weighted by atomic mass is 10.2. The van der Waals surface area contributed by atoms with Crippen molar-refractivity contribution in [2.24, 2.45) is 5.10 Å². The summed E-state index contributed by atoms with van der Waals surface area (Å²) in [6, 6.07) is 15.4. The molecule has 1 heterocycles. The Labute approximate surface area is 167 Å². The van der Waals surface area contributed by atoms with Crippen LogP contribution in [0.3, 0.4) is 0 Å². The second kappa shape index (κ2) is 8.28. The number of nitrogens with zero attached hydrogens (tertiary/aromatic N) is 1. The molecule has 2 N–H and O–H groups in total. The van der Waals surface area contributed by atoms with E-state index in [9.17, 15) is 13.2 Å². The number of anilines is 1. The highest BCUT2D eigenvalue weighted by Crippen LogP contribution is 2.20. The topological polar surface area (TPSA) is 101 Å². The van der Waals surface area contributed by atoms with Gasteiger partial charge in [-0.15, -0.1) is 0 Å². The molecule has 0 fully saturated rings. The van der Waals surface area contributed by atoms with Crippen molar-refractivity contribution < 1.29 is 17.6 Å². The Bertz CT molecular complexity index is 1140. The molecule has 0 aliphatic heterocycles. The Morgan fingerprint density at radius 2 is 1.89 bits per heavy atom. The molecule has 0 atom stereocenters. The van der Waals surface area contributed by atoms with Gasteiger partial charge in [0.1, 0.15) is 11.5 Å². The molecule has 9 heteroatoms. The fourth-order valence-electron chi connectivity index (χ4n) is 2.31. The number of sulfonamides is 1. The van der Waals surface area contributed by atoms with Crippen LogP contribution in [0.1, 0.15) is 21.9 Å². The Balaban J connectivity index is 1.73. The highest BCUT2D eigenvalue weighted by Gasteiger charge is 2.16. The van der Waals surface area contributed by atoms with Gasteiger partial charge in [0.15, 0.2) is 0 Å². The maximum Gasteiger partial charge on any atom is 0.271 e. The SMILES string of the molecule is Cc1ccc(/C=N\NC(=O)c2cccc(S(=O)(=O)Nc3cccc(Cl)c3)c2)o1. The zero-order valence-corrected chi connectivity index (χ0v) is 16.3. The highest BCUT2D eigenvalue weighted by atomic mass is 35.5. The van der Waals surface area contributed by atoms with Crippen LogP contribution in [0.25, 0.3) is 0 Å². The van der Waals surface area contributed by atoms with E-state index in [1.54, 1.807) is 37.3 Å². The normalized spacial score (nSPS) is 11.5. The third-order valence-corrected chi connectivity index (χ3v) is 5.22. The zero-order valence-electron chi connectivity index (χ0n) is 14.7. The zero-order chi connectivity index (χ0) is 20.1. The van der Waals surface area contributed by atoms with Crippen LogP contribution in [0.15, 0.2) is 75.1 Å². The van der Waals surface area contributed by atoms with Gasteiger partial charge >= 0.3 is 0 Å². The molecule has 0 saturated carbocycles. The van der Waals surface area contributed by atoms with Gasteiger partial charge in [-0.2, -0.15) is 5.10 Å². The molecule has 0 radical (unpaired) electrons. The third-order valence-electron chi connectivity index (χ3n) is 3.60. The van der Waals surface area contributed by atoms with Crippen molar-refractivity contribution in [2.75, 3.05) is 4.72 Å². The lowest BCUT2D eigenvalue weighted by Crippen LogP contribution is -2.19. The van der Waals surface area contributed by atoms with E-state index in [1.807, 2.05) is 0 Å². The van der Waals surface area contributed by atoms with Gasteiger partial charge in [-0.1, -0.05) is 23.7 Å². The number of carbonyl (C=O) groups is 1. The van der Waals surface area contributed by atoms with Crippen LogP contribution >= 0.6 is 11.6 Å². The van der Waals surface area contributed by atoms with Crippen LogP contribution in [0.5, 0.6) is 0 Å². The molecule has 28 heavy (non-hydrogen) atoms. The highest BCUT2D eigenvalue weighted by molar-refractivity contribution is 7.92. The second-order valence-corrected chi connectivity index (χ2v) is 7.91. The molecule has 0 bridgehead atoms. The molecular formula is C19H16ClN3O4S. The molecular weight excluding hydrogens is 402 g/mol. The number of hydrazone groups is 1. The quantitative estimate of drug-likeness (QED) is 0.470. The Morgan fingerprint density at radius 1 is 1.11 bits per heavy atom. The minimum atomic E-state index is -3.89. The van der Waals surface area contributed by atoms with Gasteiger partial charge in [-0.3, -0.25) is 9.52 Å². The molecule has 1 amide bonds. The number of nitrogens with one attached hydrogen (secondary N) is 2. The minimum absolute atomic E-state index is 0.0641. The number of hydrogen-bond acceptors (Lipinski definition) is 5. The largest absolute Gasteiger partial charge is 0.460 e. The Kier molecular flexibility index (Phi) is 5.81. The molecule has 0 spiro atoms. The van der Waals surface area contributed by atoms with Crippen molar-refractivity contribution in [3.05, 3.63) is 82.8 Å². The fraction of sp³-hybridized carbons (Fsp3) is 0.0526. The summed E-state index contributed by atoms with van der Waals surface area (Å²) >= 11 is 5.87. The van der Waals surface area contributed by atoms with Gasteiger partial charge in [-0.25, -0.2) is 13.8 Å². The summed E-state index contributed by atoms with van der Waals surface area (Å²) in [5, 5.41) is 4.20. The van der Waals surface area contributed by atoms with Crippen molar-refractivity contribution in [3.8, 4) is 0 Å². The van der Waals surface area contributed by atoms with Crippen LogP contribution in [0, 0.1) is 6.92 Å². The number of hydrogen-bond donors (Lipinski definition) is 2. The molecule has 7 nitrogen and oxygen atoms in total. The van der Waals surface area contributed by atoms with Gasteiger partial charge in [0, 0.05) is 10.6 Å². The third kappa shape index (κ3) is 4.99. The molecule has 0 aliphatic carbocycles. The van der Waals surface area contributed by atoms with Gasteiger partial charge in [0.2, 0.25) is 0 Å². The average Bonchev–Trinajstić information content (AvgIpc) is 3.06. The molecule has 1 aromatic heterocycles. The summed E-state index contributed by atoms with van der Waals surface area (Å²) in [7, 11) is -3.89. The Hall–Kier alpha value is -3.10. The first kappa shape index (κ1) is 19.7. The van der Waals surface area contributed by atoms with E-state index in [1.165, 1.54) is 36.5 Å². The van der Waals surface area contributed by atoms with Gasteiger partial charge in [0.05, 0.1) is 16.8 Å². The summed E-state index contributed by atoms with van der Waals surface area (Å²) < 4.78 is 32.8. The van der Waals surface area contributed by atoms with E-state index in [-0.39, 0.29) is 10.5 Å². The summed E-state index contributed by atoms with van der Waals surface area (Å²) in [6.07, 6.45) is 1.35. The van der Waals surface area contributed by atoms with Crippen LogP contribution in [0.2, 0.25) is 5.02 Å². The molecule has 0 aliphatic rings. The molecule has 3 rings (SSSR count). The second-order valence-electron chi connectivity index (χ2n) is 5.79. The van der Waals surface area contributed by atoms with E-state index >= 15 is 0 Å². The first-order valence-corrected chi connectivity index (χ1v) is 9.98. The predicted octanol–water partition coefficient (Wildman–Crippen LogP) is 3.81. The van der Waals surface area contributed by atoms with Crippen molar-refractivity contribution in [1.82, 2.24) is 5.43 Å². The number of halogens is 1. The first-order chi connectivity index (χ1) is 13.3. The van der Waals surface area contributed by atoms with E-state index in [4.69, 9.17) is 16.0 Å². The van der Waals surface area contributed by atoms with Crippen LogP contribution in [0.4, 0.5) is 5.69 Å². The van der Waals surface area contributed by atoms with Crippen molar-refractivity contribution in [1.29, 1.82) is 0 Å². The van der Waals surface area contributed by atoms with Crippen LogP contribution in [-0.2, 0) is 10.0 Å². The standard InChI is InChI=1S/C19H16ClN3O4S/c1-13-8-9-17(27-13)12-21-22-19(24)14-4-2-7-18(10-14)28(25,26)23-16-6-3-5-15(20)11-16/h2-12,23H,1H3,(H,22,24)/b21-12-. The van der Waals surface area contributed by atoms with Crippen LogP contribution < -0.4 is 10.1 Å². The average molecular weight is 418 g/mol. The van der Waals surface area contributed by atoms with E-state index in [0.29, 0.717) is 16.5 Å². The maximum atomic E-state index is 12.6. The smallest absolute Gasteiger partial charge is 0.271 e. The van der Waals surface area contributed by atoms with E-state index in [0.717, 1.165) is 5.76 Å².